The molecule has 1 fully saturated rings. The van der Waals surface area contributed by atoms with Crippen molar-refractivity contribution in [3.63, 3.8) is 0 Å². The monoisotopic (exact) mass is 517 g/mol. The summed E-state index contributed by atoms with van der Waals surface area (Å²) in [6.45, 7) is 0.745. The second-order valence-electron chi connectivity index (χ2n) is 9.20. The van der Waals surface area contributed by atoms with Crippen LogP contribution >= 0.6 is 11.6 Å². The van der Waals surface area contributed by atoms with Gasteiger partial charge in [0.25, 0.3) is 0 Å². The Morgan fingerprint density at radius 3 is 2.35 bits per heavy atom. The smallest absolute Gasteiger partial charge is 0.339 e. The fourth-order valence-electron chi connectivity index (χ4n) is 4.47. The molecule has 190 valence electrons. The maximum Gasteiger partial charge on any atom is 0.339 e. The van der Waals surface area contributed by atoms with Gasteiger partial charge in [0.15, 0.2) is 11.5 Å². The molecule has 2 N–H and O–H groups in total. The lowest BCUT2D eigenvalue weighted by Gasteiger charge is -2.33. The summed E-state index contributed by atoms with van der Waals surface area (Å²) in [4.78, 5) is 38.6. The predicted octanol–water partition coefficient (Wildman–Crippen LogP) is 3.81. The van der Waals surface area contributed by atoms with Gasteiger partial charge in [-0.1, -0.05) is 24.1 Å². The first-order valence-corrected chi connectivity index (χ1v) is 12.5. The van der Waals surface area contributed by atoms with Gasteiger partial charge < -0.3 is 10.6 Å². The highest BCUT2D eigenvalue weighted by molar-refractivity contribution is 6.30. The number of rotatable bonds is 7. The number of carbonyl (C=O) groups is 1. The molecule has 1 aliphatic rings. The van der Waals surface area contributed by atoms with Gasteiger partial charge in [-0.3, -0.25) is 14.3 Å². The molecule has 0 aliphatic heterocycles. The van der Waals surface area contributed by atoms with Crippen molar-refractivity contribution in [1.82, 2.24) is 24.0 Å². The molecule has 37 heavy (non-hydrogen) atoms. The second-order valence-corrected chi connectivity index (χ2v) is 9.64. The zero-order valence-corrected chi connectivity index (χ0v) is 21.5. The van der Waals surface area contributed by atoms with Crippen LogP contribution in [0.5, 0.6) is 0 Å². The van der Waals surface area contributed by atoms with E-state index in [0.29, 0.717) is 39.3 Å². The van der Waals surface area contributed by atoms with Crippen LogP contribution in [0.15, 0.2) is 71.8 Å². The average Bonchev–Trinajstić information content (AvgIpc) is 3.16. The van der Waals surface area contributed by atoms with Crippen LogP contribution < -0.4 is 16.3 Å². The SMILES string of the molecule is CN(C(=O)C=CCN(C)C1CCC1)c1ccc(-n2c(=O)n(-c3ccc(Cl)cc3)c3c(N)ncnc32)cc1. The molecule has 0 saturated heterocycles. The summed E-state index contributed by atoms with van der Waals surface area (Å²) in [5.74, 6) is 0.0688. The minimum atomic E-state index is -0.347. The molecule has 9 nitrogen and oxygen atoms in total. The number of aromatic nitrogens is 4. The first-order chi connectivity index (χ1) is 17.8. The van der Waals surface area contributed by atoms with Crippen molar-refractivity contribution in [3.05, 3.63) is 82.5 Å². The molecule has 2 heterocycles. The van der Waals surface area contributed by atoms with Crippen LogP contribution in [0.4, 0.5) is 11.5 Å². The maximum absolute atomic E-state index is 13.6. The Kier molecular flexibility index (Phi) is 6.82. The first kappa shape index (κ1) is 24.7. The molecule has 1 saturated carbocycles. The van der Waals surface area contributed by atoms with Crippen LogP contribution in [-0.4, -0.2) is 56.6 Å². The molecule has 0 spiro atoms. The molecule has 0 bridgehead atoms. The number of halogens is 1. The fraction of sp³-hybridized carbons (Fsp3) is 0.259. The zero-order valence-electron chi connectivity index (χ0n) is 20.7. The number of hydrogen-bond acceptors (Lipinski definition) is 6. The van der Waals surface area contributed by atoms with E-state index in [0.717, 1.165) is 6.54 Å². The highest BCUT2D eigenvalue weighted by Gasteiger charge is 2.22. The van der Waals surface area contributed by atoms with Gasteiger partial charge in [0.05, 0.1) is 11.4 Å². The number of nitrogens with two attached hydrogens (primary N) is 1. The molecule has 4 aromatic rings. The van der Waals surface area contributed by atoms with Crippen LogP contribution in [0, 0.1) is 0 Å². The van der Waals surface area contributed by atoms with E-state index < -0.39 is 0 Å². The van der Waals surface area contributed by atoms with E-state index in [9.17, 15) is 9.59 Å². The number of nitrogens with zero attached hydrogens (tertiary/aromatic N) is 6. The first-order valence-electron chi connectivity index (χ1n) is 12.1. The van der Waals surface area contributed by atoms with Crippen molar-refractivity contribution < 1.29 is 4.79 Å². The summed E-state index contributed by atoms with van der Waals surface area (Å²) >= 11 is 6.04. The second kappa shape index (κ2) is 10.2. The fourth-order valence-corrected chi connectivity index (χ4v) is 4.60. The number of likely N-dealkylation sites (N-methyl/N-ethyl adjacent to an activating group) is 2. The van der Waals surface area contributed by atoms with E-state index in [-0.39, 0.29) is 17.4 Å². The van der Waals surface area contributed by atoms with Crippen molar-refractivity contribution in [2.45, 2.75) is 25.3 Å². The lowest BCUT2D eigenvalue weighted by Crippen LogP contribution is -2.37. The average molecular weight is 518 g/mol. The molecular weight excluding hydrogens is 490 g/mol. The number of benzene rings is 2. The number of hydrogen-bond donors (Lipinski definition) is 1. The normalized spacial score (nSPS) is 13.9. The molecule has 1 amide bonds. The quantitative estimate of drug-likeness (QED) is 0.374. The minimum absolute atomic E-state index is 0.119. The zero-order chi connectivity index (χ0) is 26.1. The number of carbonyl (C=O) groups excluding carboxylic acids is 1. The van der Waals surface area contributed by atoms with Gasteiger partial charge in [-0.2, -0.15) is 0 Å². The van der Waals surface area contributed by atoms with Crippen molar-refractivity contribution >= 4 is 40.2 Å². The Labute approximate surface area is 219 Å². The van der Waals surface area contributed by atoms with Crippen molar-refractivity contribution in [3.8, 4) is 11.4 Å². The summed E-state index contributed by atoms with van der Waals surface area (Å²) in [6, 6.07) is 14.6. The number of imidazole rings is 1. The molecule has 0 atom stereocenters. The summed E-state index contributed by atoms with van der Waals surface area (Å²) in [6.07, 6.45) is 8.57. The summed E-state index contributed by atoms with van der Waals surface area (Å²) in [5.41, 5.74) is 8.48. The van der Waals surface area contributed by atoms with E-state index in [1.807, 2.05) is 6.08 Å². The van der Waals surface area contributed by atoms with Gasteiger partial charge in [0.2, 0.25) is 5.91 Å². The summed E-state index contributed by atoms with van der Waals surface area (Å²) in [5, 5.41) is 0.555. The van der Waals surface area contributed by atoms with Crippen molar-refractivity contribution in [1.29, 1.82) is 0 Å². The van der Waals surface area contributed by atoms with Crippen LogP contribution in [0.2, 0.25) is 5.02 Å². The van der Waals surface area contributed by atoms with Gasteiger partial charge in [0.1, 0.15) is 11.8 Å². The number of nitrogen functional groups attached to an aromatic ring is 1. The molecule has 0 unspecified atom stereocenters. The van der Waals surface area contributed by atoms with Gasteiger partial charge >= 0.3 is 5.69 Å². The summed E-state index contributed by atoms with van der Waals surface area (Å²) < 4.78 is 2.94. The molecule has 5 rings (SSSR count). The molecule has 1 aliphatic carbocycles. The lowest BCUT2D eigenvalue weighted by atomic mass is 9.92. The molecule has 0 radical (unpaired) electrons. The molecule has 2 aromatic heterocycles. The highest BCUT2D eigenvalue weighted by Crippen LogP contribution is 2.25. The Balaban J connectivity index is 1.43. The van der Waals surface area contributed by atoms with E-state index >= 15 is 0 Å². The van der Waals surface area contributed by atoms with E-state index in [2.05, 4.69) is 21.9 Å². The van der Waals surface area contributed by atoms with Gasteiger partial charge in [-0.15, -0.1) is 0 Å². The molecule has 2 aromatic carbocycles. The van der Waals surface area contributed by atoms with Crippen LogP contribution in [0.1, 0.15) is 19.3 Å². The molecular formula is C27H28ClN7O2. The van der Waals surface area contributed by atoms with Crippen LogP contribution in [0.3, 0.4) is 0 Å². The third-order valence-electron chi connectivity index (χ3n) is 6.91. The van der Waals surface area contributed by atoms with Crippen molar-refractivity contribution in [2.75, 3.05) is 31.3 Å². The number of fused-ring (bicyclic) bond motifs is 1. The Morgan fingerprint density at radius 1 is 1.05 bits per heavy atom. The lowest BCUT2D eigenvalue weighted by molar-refractivity contribution is -0.113. The largest absolute Gasteiger partial charge is 0.382 e. The Morgan fingerprint density at radius 2 is 1.70 bits per heavy atom. The number of amides is 1. The Bertz CT molecular complexity index is 1520. The van der Waals surface area contributed by atoms with Gasteiger partial charge in [0, 0.05) is 36.4 Å². The third-order valence-corrected chi connectivity index (χ3v) is 7.16. The standard InChI is InChI=1S/C27H28ClN7O2/c1-32(19-5-3-6-19)16-4-7-23(36)33(2)20-12-14-22(15-13-20)35-26-24(25(29)30-17-31-26)34(27(35)37)21-10-8-18(28)9-11-21/h4,7-15,17,19H,3,5-6,16H2,1-2H3,(H2,29,30,31). The minimum Gasteiger partial charge on any atom is -0.382 e. The third kappa shape index (κ3) is 4.75. The van der Waals surface area contributed by atoms with Gasteiger partial charge in [-0.25, -0.2) is 19.3 Å². The van der Waals surface area contributed by atoms with Crippen LogP contribution in [0.25, 0.3) is 22.5 Å². The topological polar surface area (TPSA) is 102 Å². The number of anilines is 2. The maximum atomic E-state index is 13.6. The van der Waals surface area contributed by atoms with Crippen LogP contribution in [-0.2, 0) is 4.79 Å². The highest BCUT2D eigenvalue weighted by atomic mass is 35.5. The Hall–Kier alpha value is -3.95. The molecule has 10 heteroatoms. The van der Waals surface area contributed by atoms with E-state index in [4.69, 9.17) is 17.3 Å². The van der Waals surface area contributed by atoms with E-state index in [1.54, 1.807) is 66.6 Å². The summed E-state index contributed by atoms with van der Waals surface area (Å²) in [7, 11) is 3.81. The van der Waals surface area contributed by atoms with Crippen molar-refractivity contribution in [2.24, 2.45) is 0 Å². The van der Waals surface area contributed by atoms with Gasteiger partial charge in [-0.05, 0) is 68.4 Å². The van der Waals surface area contributed by atoms with E-state index in [1.165, 1.54) is 34.7 Å². The predicted molar refractivity (Wildman–Crippen MR) is 147 cm³/mol.